The van der Waals surface area contributed by atoms with Crippen LogP contribution in [0.5, 0.6) is 5.75 Å². The van der Waals surface area contributed by atoms with Crippen molar-refractivity contribution in [1.82, 2.24) is 9.21 Å². The summed E-state index contributed by atoms with van der Waals surface area (Å²) in [6, 6.07) is 11.3. The van der Waals surface area contributed by atoms with E-state index in [0.29, 0.717) is 37.7 Å². The molecule has 1 saturated carbocycles. The first-order valence-electron chi connectivity index (χ1n) is 11.9. The fourth-order valence-corrected chi connectivity index (χ4v) is 5.84. The molecule has 2 aliphatic rings. The van der Waals surface area contributed by atoms with Gasteiger partial charge in [0.1, 0.15) is 11.6 Å². The number of nitrogens with one attached hydrogen (secondary N) is 1. The fraction of sp³-hybridized carbons (Fsp3) is 0.480. The van der Waals surface area contributed by atoms with E-state index in [0.717, 1.165) is 37.7 Å². The van der Waals surface area contributed by atoms with Crippen molar-refractivity contribution in [2.24, 2.45) is 0 Å². The second-order valence-electron chi connectivity index (χ2n) is 8.87. The Morgan fingerprint density at radius 2 is 1.91 bits per heavy atom. The van der Waals surface area contributed by atoms with Crippen LogP contribution in [0.25, 0.3) is 0 Å². The zero-order valence-electron chi connectivity index (χ0n) is 19.5. The summed E-state index contributed by atoms with van der Waals surface area (Å²) in [5.74, 6) is -0.140. The van der Waals surface area contributed by atoms with E-state index in [9.17, 15) is 17.6 Å². The van der Waals surface area contributed by atoms with Gasteiger partial charge in [-0.3, -0.25) is 9.69 Å². The molecule has 1 heterocycles. The quantitative estimate of drug-likeness (QED) is 0.546. The van der Waals surface area contributed by atoms with Crippen LogP contribution in [0.2, 0.25) is 0 Å². The van der Waals surface area contributed by atoms with Gasteiger partial charge < -0.3 is 10.1 Å². The second-order valence-corrected chi connectivity index (χ2v) is 10.8. The zero-order valence-corrected chi connectivity index (χ0v) is 20.3. The summed E-state index contributed by atoms with van der Waals surface area (Å²) < 4.78 is 47.0. The Hall–Kier alpha value is -2.49. The summed E-state index contributed by atoms with van der Waals surface area (Å²) in [5.41, 5.74) is 1.15. The lowest BCUT2D eigenvalue weighted by Gasteiger charge is -2.26. The number of anilines is 1. The predicted molar refractivity (Wildman–Crippen MR) is 129 cm³/mol. The number of carbonyl (C=O) groups excluding carboxylic acids is 1. The number of piperidine rings is 1. The number of halogens is 1. The third-order valence-electron chi connectivity index (χ3n) is 6.16. The minimum Gasteiger partial charge on any atom is -0.492 e. The molecule has 1 saturated heterocycles. The molecule has 0 atom stereocenters. The Morgan fingerprint density at radius 1 is 1.15 bits per heavy atom. The highest BCUT2D eigenvalue weighted by atomic mass is 32.2. The Bertz CT molecular complexity index is 1110. The van der Waals surface area contributed by atoms with E-state index in [1.165, 1.54) is 28.6 Å². The summed E-state index contributed by atoms with van der Waals surface area (Å²) in [7, 11) is -3.64. The summed E-state index contributed by atoms with van der Waals surface area (Å²) >= 11 is 0. The minimum atomic E-state index is -3.64. The van der Waals surface area contributed by atoms with Gasteiger partial charge in [-0.2, -0.15) is 4.31 Å². The lowest BCUT2D eigenvalue weighted by atomic mass is 10.2. The molecule has 0 unspecified atom stereocenters. The van der Waals surface area contributed by atoms with E-state index in [1.807, 2.05) is 17.9 Å². The first-order valence-corrected chi connectivity index (χ1v) is 13.4. The molecule has 1 aliphatic carbocycles. The van der Waals surface area contributed by atoms with Crippen molar-refractivity contribution in [3.63, 3.8) is 0 Å². The molecule has 2 aromatic carbocycles. The topological polar surface area (TPSA) is 79.0 Å². The summed E-state index contributed by atoms with van der Waals surface area (Å²) in [6.07, 6.45) is 4.72. The average Bonchev–Trinajstić information content (AvgIpc) is 3.66. The van der Waals surface area contributed by atoms with Gasteiger partial charge in [0.05, 0.1) is 23.7 Å². The number of ether oxygens (including phenoxy) is 1. The smallest absolute Gasteiger partial charge is 0.243 e. The molecule has 184 valence electrons. The standard InChI is InChI=1S/C25H32FN3O4S/c1-2-33-24-12-11-22(34(31,32)29-13-4-3-5-14-29)16-23(24)27-25(30)18-28(21-9-10-21)17-19-7-6-8-20(26)15-19/h6-8,11-12,15-16,21H,2-5,9-10,13-14,17-18H2,1H3,(H,27,30). The van der Waals surface area contributed by atoms with Crippen LogP contribution >= 0.6 is 0 Å². The van der Waals surface area contributed by atoms with Crippen LogP contribution in [0, 0.1) is 5.82 Å². The third-order valence-corrected chi connectivity index (χ3v) is 8.06. The molecule has 0 aromatic heterocycles. The Balaban J connectivity index is 1.50. The van der Waals surface area contributed by atoms with Gasteiger partial charge in [-0.15, -0.1) is 0 Å². The number of amides is 1. The zero-order chi connectivity index (χ0) is 24.1. The summed E-state index contributed by atoms with van der Waals surface area (Å²) in [5, 5.41) is 2.86. The van der Waals surface area contributed by atoms with Crippen LogP contribution in [0.3, 0.4) is 0 Å². The van der Waals surface area contributed by atoms with Crippen LogP contribution in [0.1, 0.15) is 44.6 Å². The molecule has 7 nitrogen and oxygen atoms in total. The van der Waals surface area contributed by atoms with Crippen molar-refractivity contribution in [2.75, 3.05) is 31.6 Å². The third kappa shape index (κ3) is 6.14. The van der Waals surface area contributed by atoms with Crippen LogP contribution in [-0.2, 0) is 21.4 Å². The normalized spacial score (nSPS) is 17.0. The molecule has 0 bridgehead atoms. The Labute approximate surface area is 200 Å². The van der Waals surface area contributed by atoms with E-state index in [1.54, 1.807) is 12.1 Å². The highest BCUT2D eigenvalue weighted by Gasteiger charge is 2.31. The number of benzene rings is 2. The van der Waals surface area contributed by atoms with Crippen molar-refractivity contribution in [2.45, 2.75) is 56.5 Å². The first-order chi connectivity index (χ1) is 16.4. The number of carbonyl (C=O) groups is 1. The number of hydrogen-bond donors (Lipinski definition) is 1. The van der Waals surface area contributed by atoms with Crippen LogP contribution < -0.4 is 10.1 Å². The minimum absolute atomic E-state index is 0.121. The Morgan fingerprint density at radius 3 is 2.59 bits per heavy atom. The van der Waals surface area contributed by atoms with E-state index < -0.39 is 10.0 Å². The number of nitrogens with zero attached hydrogens (tertiary/aromatic N) is 2. The van der Waals surface area contributed by atoms with Crippen molar-refractivity contribution in [3.05, 3.63) is 53.8 Å². The number of rotatable bonds is 10. The van der Waals surface area contributed by atoms with E-state index >= 15 is 0 Å². The highest BCUT2D eigenvalue weighted by Crippen LogP contribution is 2.31. The molecule has 0 spiro atoms. The molecule has 1 N–H and O–H groups in total. The predicted octanol–water partition coefficient (Wildman–Crippen LogP) is 4.00. The number of sulfonamides is 1. The molecule has 34 heavy (non-hydrogen) atoms. The SMILES string of the molecule is CCOc1ccc(S(=O)(=O)N2CCCCC2)cc1NC(=O)CN(Cc1cccc(F)c1)C1CC1. The van der Waals surface area contributed by atoms with Gasteiger partial charge in [0, 0.05) is 25.7 Å². The lowest BCUT2D eigenvalue weighted by Crippen LogP contribution is -2.36. The largest absolute Gasteiger partial charge is 0.492 e. The molecular formula is C25H32FN3O4S. The maximum absolute atomic E-state index is 13.6. The van der Waals surface area contributed by atoms with Gasteiger partial charge in [0.15, 0.2) is 0 Å². The van der Waals surface area contributed by atoms with Gasteiger partial charge in [0.2, 0.25) is 15.9 Å². The van der Waals surface area contributed by atoms with Gasteiger partial charge in [-0.25, -0.2) is 12.8 Å². The molecule has 0 radical (unpaired) electrons. The highest BCUT2D eigenvalue weighted by molar-refractivity contribution is 7.89. The molecule has 2 fully saturated rings. The van der Waals surface area contributed by atoms with Gasteiger partial charge in [-0.05, 0) is 68.5 Å². The van der Waals surface area contributed by atoms with Crippen LogP contribution in [0.15, 0.2) is 47.4 Å². The Kier molecular flexibility index (Phi) is 7.85. The van der Waals surface area contributed by atoms with Crippen molar-refractivity contribution >= 4 is 21.6 Å². The van der Waals surface area contributed by atoms with Crippen LogP contribution in [-0.4, -0.2) is 55.8 Å². The first kappa shape index (κ1) is 24.6. The van der Waals surface area contributed by atoms with Gasteiger partial charge >= 0.3 is 0 Å². The van der Waals surface area contributed by atoms with Crippen molar-refractivity contribution < 1.29 is 22.3 Å². The maximum Gasteiger partial charge on any atom is 0.243 e. The van der Waals surface area contributed by atoms with Crippen LogP contribution in [0.4, 0.5) is 10.1 Å². The molecule has 4 rings (SSSR count). The summed E-state index contributed by atoms with van der Waals surface area (Å²) in [4.78, 5) is 15.2. The second kappa shape index (κ2) is 10.8. The average molecular weight is 490 g/mol. The molecule has 1 amide bonds. The van der Waals surface area contributed by atoms with E-state index in [4.69, 9.17) is 4.74 Å². The van der Waals surface area contributed by atoms with Gasteiger partial charge in [0.25, 0.3) is 0 Å². The monoisotopic (exact) mass is 489 g/mol. The van der Waals surface area contributed by atoms with E-state index in [-0.39, 0.29) is 29.2 Å². The van der Waals surface area contributed by atoms with Crippen molar-refractivity contribution in [3.8, 4) is 5.75 Å². The molecule has 2 aromatic rings. The van der Waals surface area contributed by atoms with Crippen molar-refractivity contribution in [1.29, 1.82) is 0 Å². The molecule has 1 aliphatic heterocycles. The maximum atomic E-state index is 13.6. The van der Waals surface area contributed by atoms with Gasteiger partial charge in [-0.1, -0.05) is 18.6 Å². The summed E-state index contributed by atoms with van der Waals surface area (Å²) in [6.45, 7) is 3.82. The molecule has 9 heteroatoms. The molecular weight excluding hydrogens is 457 g/mol. The number of hydrogen-bond acceptors (Lipinski definition) is 5. The van der Waals surface area contributed by atoms with E-state index in [2.05, 4.69) is 5.32 Å². The lowest BCUT2D eigenvalue weighted by molar-refractivity contribution is -0.117. The fourth-order valence-electron chi connectivity index (χ4n) is 4.30.